The number of ether oxygens (including phenoxy) is 3. The highest BCUT2D eigenvalue weighted by atomic mass is 31.2. The summed E-state index contributed by atoms with van der Waals surface area (Å²) in [6.45, 7) is 4.36. The minimum Gasteiger partial charge on any atom is -0.462 e. The Morgan fingerprint density at radius 2 is 0.662 bits per heavy atom. The number of allylic oxidation sites excluding steroid dienone is 18. The van der Waals surface area contributed by atoms with Crippen molar-refractivity contribution < 1.29 is 52.2 Å². The van der Waals surface area contributed by atoms with E-state index in [0.717, 1.165) is 109 Å². The van der Waals surface area contributed by atoms with E-state index in [4.69, 9.17) is 23.3 Å². The molecule has 0 bridgehead atoms. The molecule has 11 nitrogen and oxygen atoms in total. The van der Waals surface area contributed by atoms with Crippen molar-refractivity contribution in [3.63, 3.8) is 0 Å². The summed E-state index contributed by atoms with van der Waals surface area (Å²) in [5.74, 6) is -1.55. The maximum Gasteiger partial charge on any atom is 0.472 e. The van der Waals surface area contributed by atoms with Crippen LogP contribution in [0.15, 0.2) is 109 Å². The van der Waals surface area contributed by atoms with Crippen LogP contribution < -0.4 is 0 Å². The molecule has 0 aliphatic rings. The highest BCUT2D eigenvalue weighted by Gasteiger charge is 2.28. The molecule has 0 aromatic carbocycles. The van der Waals surface area contributed by atoms with Gasteiger partial charge in [0.1, 0.15) is 12.7 Å². The minimum absolute atomic E-state index is 0.143. The predicted molar refractivity (Wildman–Crippen MR) is 334 cm³/mol. The molecule has 0 aliphatic carbocycles. The summed E-state index contributed by atoms with van der Waals surface area (Å²) >= 11 is 0. The molecular weight excluding hydrogens is 1020 g/mol. The van der Waals surface area contributed by atoms with Crippen LogP contribution in [0.1, 0.15) is 265 Å². The predicted octanol–water partition coefficient (Wildman–Crippen LogP) is 19.4. The maximum atomic E-state index is 13.0. The van der Waals surface area contributed by atoms with Gasteiger partial charge in [-0.1, -0.05) is 239 Å². The Balaban J connectivity index is 4.78. The Hall–Kier alpha value is -3.86. The van der Waals surface area contributed by atoms with Crippen LogP contribution in [0.25, 0.3) is 0 Å². The lowest BCUT2D eigenvalue weighted by molar-refractivity contribution is -0.161. The van der Waals surface area contributed by atoms with E-state index in [0.29, 0.717) is 25.7 Å². The van der Waals surface area contributed by atoms with E-state index >= 15 is 0 Å². The number of unbranched alkanes of at least 4 members (excludes halogenated alkanes) is 23. The standard InChI is InChI=1S/C68H115O11P/c1-4-7-10-13-16-19-22-25-28-31-32-35-38-41-44-47-50-53-56-59-68(72)79-65(61-75-66(70)57-54-51-48-45-42-39-36-33-29-26-23-20-17-14-11-8-5-2)63-77-80(73,74)76-62-64(60-69)78-67(71)58-55-52-49-46-43-40-37-34-30-27-24-21-18-15-12-9-6-3/h8-9,11-12,17-18,20-21,25-30,36,39,45,48,64-65,69H,4-7,10,13-16,19,22-24,31-35,37-38,40-44,46-47,49-63H2,1-3H3,(H,73,74)/b11-8-,12-9-,20-17-,21-18-,28-25-,29-26-,30-27-,39-36-,48-45-. The summed E-state index contributed by atoms with van der Waals surface area (Å²) in [5.41, 5.74) is 0. The van der Waals surface area contributed by atoms with Crippen molar-refractivity contribution in [2.75, 3.05) is 26.4 Å². The third-order valence-corrected chi connectivity index (χ3v) is 14.1. The molecule has 0 heterocycles. The van der Waals surface area contributed by atoms with Crippen molar-refractivity contribution in [2.24, 2.45) is 0 Å². The Bertz CT molecular complexity index is 1760. The second kappa shape index (κ2) is 61.2. The summed E-state index contributed by atoms with van der Waals surface area (Å²) < 4.78 is 39.6. The molecule has 0 rings (SSSR count). The molecule has 2 N–H and O–H groups in total. The smallest absolute Gasteiger partial charge is 0.462 e. The van der Waals surface area contributed by atoms with Crippen LogP contribution in [0.5, 0.6) is 0 Å². The molecule has 80 heavy (non-hydrogen) atoms. The van der Waals surface area contributed by atoms with Crippen molar-refractivity contribution >= 4 is 25.7 Å². The molecule has 0 aromatic rings. The van der Waals surface area contributed by atoms with Gasteiger partial charge in [-0.2, -0.15) is 0 Å². The van der Waals surface area contributed by atoms with Crippen LogP contribution >= 0.6 is 7.82 Å². The van der Waals surface area contributed by atoms with Crippen LogP contribution in [-0.4, -0.2) is 66.5 Å². The first-order chi connectivity index (χ1) is 39.2. The zero-order valence-corrected chi connectivity index (χ0v) is 51.7. The van der Waals surface area contributed by atoms with E-state index in [1.165, 1.54) is 89.9 Å². The molecular formula is C68H115O11P. The summed E-state index contributed by atoms with van der Waals surface area (Å²) in [7, 11) is -4.77. The molecule has 0 aromatic heterocycles. The molecule has 12 heteroatoms. The quantitative estimate of drug-likeness (QED) is 0.0197. The van der Waals surface area contributed by atoms with E-state index in [2.05, 4.69) is 124 Å². The zero-order valence-electron chi connectivity index (χ0n) is 50.8. The van der Waals surface area contributed by atoms with Crippen molar-refractivity contribution in [3.8, 4) is 0 Å². The van der Waals surface area contributed by atoms with Crippen molar-refractivity contribution in [3.05, 3.63) is 109 Å². The minimum atomic E-state index is -4.77. The number of aliphatic hydroxyl groups excluding tert-OH is 1. The van der Waals surface area contributed by atoms with Gasteiger partial charge in [0.05, 0.1) is 19.8 Å². The maximum absolute atomic E-state index is 13.0. The molecule has 3 unspecified atom stereocenters. The fraction of sp³-hybridized carbons (Fsp3) is 0.691. The molecule has 0 amide bonds. The molecule has 3 atom stereocenters. The third kappa shape index (κ3) is 58.8. The lowest BCUT2D eigenvalue weighted by Crippen LogP contribution is -2.30. The van der Waals surface area contributed by atoms with E-state index in [-0.39, 0.29) is 25.9 Å². The first kappa shape index (κ1) is 76.1. The molecule has 458 valence electrons. The molecule has 0 aliphatic heterocycles. The van der Waals surface area contributed by atoms with Gasteiger partial charge < -0.3 is 24.2 Å². The summed E-state index contributed by atoms with van der Waals surface area (Å²) in [5, 5.41) is 9.85. The molecule has 0 fully saturated rings. The highest BCUT2D eigenvalue weighted by Crippen LogP contribution is 2.43. The molecule has 0 saturated heterocycles. The largest absolute Gasteiger partial charge is 0.472 e. The van der Waals surface area contributed by atoms with Gasteiger partial charge in [0.25, 0.3) is 0 Å². The normalized spacial score (nSPS) is 14.0. The molecule has 0 spiro atoms. The second-order valence-electron chi connectivity index (χ2n) is 20.8. The average Bonchev–Trinajstić information content (AvgIpc) is 3.45. The second-order valence-corrected chi connectivity index (χ2v) is 22.3. The van der Waals surface area contributed by atoms with Gasteiger partial charge in [-0.25, -0.2) is 4.57 Å². The Labute approximate surface area is 488 Å². The number of aliphatic hydroxyl groups is 1. The topological polar surface area (TPSA) is 155 Å². The van der Waals surface area contributed by atoms with Gasteiger partial charge in [-0.15, -0.1) is 0 Å². The SMILES string of the molecule is CC/C=C\C/C=C\C/C=C\C/C=C\C/C=C\CCCC(=O)OCC(COP(=O)(O)OCC(CO)OC(=O)CCCCCCCCC/C=C\C/C=C\C/C=C\CC)OC(=O)CCCCCCCCCCC/C=C\CCCCCCCC. The first-order valence-corrected chi connectivity index (χ1v) is 33.3. The van der Waals surface area contributed by atoms with Crippen molar-refractivity contribution in [1.29, 1.82) is 0 Å². The Morgan fingerprint density at radius 3 is 1.05 bits per heavy atom. The van der Waals surface area contributed by atoms with Gasteiger partial charge in [-0.05, 0) is 116 Å². The number of hydrogen-bond acceptors (Lipinski definition) is 10. The monoisotopic (exact) mass is 1140 g/mol. The van der Waals surface area contributed by atoms with Crippen molar-refractivity contribution in [1.82, 2.24) is 0 Å². The molecule has 0 saturated carbocycles. The lowest BCUT2D eigenvalue weighted by atomic mass is 10.1. The lowest BCUT2D eigenvalue weighted by Gasteiger charge is -2.21. The van der Waals surface area contributed by atoms with Crippen LogP contribution in [0.2, 0.25) is 0 Å². The van der Waals surface area contributed by atoms with Crippen LogP contribution in [-0.2, 0) is 42.2 Å². The van der Waals surface area contributed by atoms with E-state index in [1.54, 1.807) is 0 Å². The fourth-order valence-corrected chi connectivity index (χ4v) is 9.19. The van der Waals surface area contributed by atoms with Gasteiger partial charge in [0.2, 0.25) is 0 Å². The van der Waals surface area contributed by atoms with Gasteiger partial charge in [0.15, 0.2) is 6.10 Å². The van der Waals surface area contributed by atoms with E-state index < -0.39 is 57.8 Å². The first-order valence-electron chi connectivity index (χ1n) is 31.8. The number of esters is 3. The summed E-state index contributed by atoms with van der Waals surface area (Å²) in [6, 6.07) is 0. The van der Waals surface area contributed by atoms with Crippen LogP contribution in [0.3, 0.4) is 0 Å². The van der Waals surface area contributed by atoms with E-state index in [1.807, 2.05) is 6.08 Å². The van der Waals surface area contributed by atoms with Gasteiger partial charge in [-0.3, -0.25) is 23.4 Å². The Morgan fingerprint density at radius 1 is 0.362 bits per heavy atom. The Kier molecular flexibility index (Phi) is 58.3. The third-order valence-electron chi connectivity index (χ3n) is 13.2. The number of rotatable bonds is 58. The summed E-state index contributed by atoms with van der Waals surface area (Å²) in [4.78, 5) is 48.7. The average molecular weight is 1140 g/mol. The highest BCUT2D eigenvalue weighted by molar-refractivity contribution is 7.47. The van der Waals surface area contributed by atoms with Gasteiger partial charge in [0, 0.05) is 19.3 Å². The number of hydrogen-bond donors (Lipinski definition) is 2. The zero-order chi connectivity index (χ0) is 58.3. The number of phosphoric ester groups is 1. The number of carbonyl (C=O) groups excluding carboxylic acids is 3. The van der Waals surface area contributed by atoms with Crippen molar-refractivity contribution in [2.45, 2.75) is 277 Å². The van der Waals surface area contributed by atoms with Crippen LogP contribution in [0.4, 0.5) is 0 Å². The number of carbonyl (C=O) groups is 3. The van der Waals surface area contributed by atoms with Gasteiger partial charge >= 0.3 is 25.7 Å². The number of phosphoric acid groups is 1. The van der Waals surface area contributed by atoms with E-state index in [9.17, 15) is 28.9 Å². The summed E-state index contributed by atoms with van der Waals surface area (Å²) in [6.07, 6.45) is 74.7. The fourth-order valence-electron chi connectivity index (χ4n) is 8.40. The van der Waals surface area contributed by atoms with Crippen LogP contribution in [0, 0.1) is 0 Å². The molecule has 0 radical (unpaired) electrons.